The van der Waals surface area contributed by atoms with Crippen LogP contribution in [0.3, 0.4) is 0 Å². The predicted molar refractivity (Wildman–Crippen MR) is 92.5 cm³/mol. The van der Waals surface area contributed by atoms with Crippen LogP contribution in [0.25, 0.3) is 22.4 Å². The van der Waals surface area contributed by atoms with Gasteiger partial charge in [0.25, 0.3) is 5.56 Å². The fourth-order valence-corrected chi connectivity index (χ4v) is 3.54. The molecule has 0 aliphatic heterocycles. The number of benzene rings is 1. The second-order valence-electron chi connectivity index (χ2n) is 5.02. The number of fused-ring (bicyclic) bond motifs is 1. The Morgan fingerprint density at radius 2 is 1.91 bits per heavy atom. The molecule has 0 amide bonds. The first kappa shape index (κ1) is 14.5. The first-order valence-electron chi connectivity index (χ1n) is 7.11. The molecule has 4 nitrogen and oxygen atoms in total. The van der Waals surface area contributed by atoms with Crippen molar-refractivity contribution in [2.24, 2.45) is 0 Å². The molecule has 0 bridgehead atoms. The minimum absolute atomic E-state index is 0.214. The zero-order chi connectivity index (χ0) is 15.7. The number of aromatic amines is 1. The van der Waals surface area contributed by atoms with Gasteiger partial charge in [-0.2, -0.15) is 0 Å². The van der Waals surface area contributed by atoms with E-state index >= 15 is 0 Å². The third-order valence-electron chi connectivity index (χ3n) is 3.65. The summed E-state index contributed by atoms with van der Waals surface area (Å²) >= 11 is 1.43. The number of thiophene rings is 1. The summed E-state index contributed by atoms with van der Waals surface area (Å²) in [6.45, 7) is 4.08. The SMILES string of the molecule is CCn1c(=O)[nH]c2sc(/C=C/c3ccccc3)c(C)c2c1=O. The minimum atomic E-state index is -0.347. The summed E-state index contributed by atoms with van der Waals surface area (Å²) in [5, 5.41) is 0.610. The van der Waals surface area contributed by atoms with Crippen molar-refractivity contribution in [2.45, 2.75) is 20.4 Å². The Bertz CT molecular complexity index is 962. The summed E-state index contributed by atoms with van der Waals surface area (Å²) < 4.78 is 1.23. The minimum Gasteiger partial charge on any atom is -0.298 e. The van der Waals surface area contributed by atoms with Gasteiger partial charge in [0, 0.05) is 11.4 Å². The highest BCUT2D eigenvalue weighted by atomic mass is 32.1. The third-order valence-corrected chi connectivity index (χ3v) is 4.82. The molecule has 2 heterocycles. The number of aryl methyl sites for hydroxylation is 1. The first-order valence-corrected chi connectivity index (χ1v) is 7.92. The van der Waals surface area contributed by atoms with Crippen molar-refractivity contribution in [3.05, 3.63) is 67.2 Å². The number of nitrogens with zero attached hydrogens (tertiary/aromatic N) is 1. The standard InChI is InChI=1S/C17H16N2O2S/c1-3-19-16(20)14-11(2)13(22-15(14)18-17(19)21)10-9-12-7-5-4-6-8-12/h4-10H,3H2,1-2H3,(H,18,21)/b10-9+. The van der Waals surface area contributed by atoms with Crippen LogP contribution >= 0.6 is 11.3 Å². The van der Waals surface area contributed by atoms with Gasteiger partial charge in [-0.15, -0.1) is 11.3 Å². The molecule has 0 atom stereocenters. The van der Waals surface area contributed by atoms with E-state index in [1.54, 1.807) is 6.92 Å². The number of hydrogen-bond acceptors (Lipinski definition) is 3. The van der Waals surface area contributed by atoms with Crippen molar-refractivity contribution in [3.63, 3.8) is 0 Å². The van der Waals surface area contributed by atoms with E-state index in [4.69, 9.17) is 0 Å². The number of rotatable bonds is 3. The molecule has 0 saturated carbocycles. The van der Waals surface area contributed by atoms with Gasteiger partial charge in [0.1, 0.15) is 4.83 Å². The summed E-state index contributed by atoms with van der Waals surface area (Å²) in [4.78, 5) is 28.7. The van der Waals surface area contributed by atoms with Crippen molar-refractivity contribution >= 4 is 33.7 Å². The highest BCUT2D eigenvalue weighted by Gasteiger charge is 2.13. The summed E-state index contributed by atoms with van der Waals surface area (Å²) in [5.74, 6) is 0. The molecule has 0 aliphatic carbocycles. The van der Waals surface area contributed by atoms with Crippen LogP contribution in [0.2, 0.25) is 0 Å². The van der Waals surface area contributed by atoms with E-state index in [-0.39, 0.29) is 11.2 Å². The highest BCUT2D eigenvalue weighted by molar-refractivity contribution is 7.19. The Morgan fingerprint density at radius 1 is 1.18 bits per heavy atom. The van der Waals surface area contributed by atoms with Gasteiger partial charge in [0.15, 0.2) is 0 Å². The molecule has 0 aliphatic rings. The summed E-state index contributed by atoms with van der Waals surface area (Å²) in [6.07, 6.45) is 4.00. The number of hydrogen-bond donors (Lipinski definition) is 1. The Labute approximate surface area is 131 Å². The molecule has 0 saturated heterocycles. The topological polar surface area (TPSA) is 54.9 Å². The molecule has 0 spiro atoms. The zero-order valence-corrected chi connectivity index (χ0v) is 13.2. The van der Waals surface area contributed by atoms with E-state index in [9.17, 15) is 9.59 Å². The van der Waals surface area contributed by atoms with Crippen LogP contribution in [0.1, 0.15) is 22.9 Å². The smallest absolute Gasteiger partial charge is 0.298 e. The maximum atomic E-state index is 12.4. The van der Waals surface area contributed by atoms with Crippen molar-refractivity contribution in [3.8, 4) is 0 Å². The zero-order valence-electron chi connectivity index (χ0n) is 12.4. The molecular weight excluding hydrogens is 296 g/mol. The van der Waals surface area contributed by atoms with Crippen molar-refractivity contribution in [1.82, 2.24) is 9.55 Å². The van der Waals surface area contributed by atoms with E-state index in [1.165, 1.54) is 15.9 Å². The average Bonchev–Trinajstić information content (AvgIpc) is 2.83. The molecule has 5 heteroatoms. The fourth-order valence-electron chi connectivity index (χ4n) is 2.45. The monoisotopic (exact) mass is 312 g/mol. The van der Waals surface area contributed by atoms with E-state index < -0.39 is 0 Å². The first-order chi connectivity index (χ1) is 10.6. The fraction of sp³-hybridized carbons (Fsp3) is 0.176. The summed E-state index contributed by atoms with van der Waals surface area (Å²) in [7, 11) is 0. The normalized spacial score (nSPS) is 11.5. The predicted octanol–water partition coefficient (Wildman–Crippen LogP) is 3.25. The molecule has 2 aromatic heterocycles. The Balaban J connectivity index is 2.15. The van der Waals surface area contributed by atoms with Crippen LogP contribution in [0.5, 0.6) is 0 Å². The molecule has 1 aromatic carbocycles. The molecule has 0 fully saturated rings. The molecule has 0 unspecified atom stereocenters. The van der Waals surface area contributed by atoms with Crippen LogP contribution in [0, 0.1) is 6.92 Å². The van der Waals surface area contributed by atoms with Crippen LogP contribution < -0.4 is 11.2 Å². The van der Waals surface area contributed by atoms with Crippen LogP contribution in [0.15, 0.2) is 39.9 Å². The summed E-state index contributed by atoms with van der Waals surface area (Å²) in [5.41, 5.74) is 1.45. The Morgan fingerprint density at radius 3 is 2.59 bits per heavy atom. The molecule has 22 heavy (non-hydrogen) atoms. The van der Waals surface area contributed by atoms with E-state index in [1.807, 2.05) is 49.4 Å². The molecule has 1 N–H and O–H groups in total. The van der Waals surface area contributed by atoms with Gasteiger partial charge < -0.3 is 0 Å². The van der Waals surface area contributed by atoms with E-state index in [0.717, 1.165) is 16.0 Å². The van der Waals surface area contributed by atoms with Gasteiger partial charge in [-0.3, -0.25) is 14.3 Å². The number of H-pyrrole nitrogens is 1. The lowest BCUT2D eigenvalue weighted by Gasteiger charge is -2.00. The Hall–Kier alpha value is -2.40. The molecular formula is C17H16N2O2S. The van der Waals surface area contributed by atoms with Crippen molar-refractivity contribution < 1.29 is 0 Å². The van der Waals surface area contributed by atoms with Crippen molar-refractivity contribution in [1.29, 1.82) is 0 Å². The maximum Gasteiger partial charge on any atom is 0.329 e. The summed E-state index contributed by atoms with van der Waals surface area (Å²) in [6, 6.07) is 9.97. The lowest BCUT2D eigenvalue weighted by atomic mass is 10.1. The quantitative estimate of drug-likeness (QED) is 0.807. The average molecular weight is 312 g/mol. The van der Waals surface area contributed by atoms with Gasteiger partial charge in [-0.1, -0.05) is 36.4 Å². The van der Waals surface area contributed by atoms with Crippen LogP contribution in [-0.2, 0) is 6.54 Å². The molecule has 3 rings (SSSR count). The maximum absolute atomic E-state index is 12.4. The van der Waals surface area contributed by atoms with Crippen LogP contribution in [-0.4, -0.2) is 9.55 Å². The molecule has 0 radical (unpaired) electrons. The molecule has 112 valence electrons. The third kappa shape index (κ3) is 2.44. The lowest BCUT2D eigenvalue weighted by Crippen LogP contribution is -2.34. The molecule has 3 aromatic rings. The largest absolute Gasteiger partial charge is 0.329 e. The van der Waals surface area contributed by atoms with E-state index in [0.29, 0.717) is 16.8 Å². The second kappa shape index (κ2) is 5.77. The van der Waals surface area contributed by atoms with E-state index in [2.05, 4.69) is 4.98 Å². The van der Waals surface area contributed by atoms with Gasteiger partial charge in [0.2, 0.25) is 0 Å². The number of aromatic nitrogens is 2. The van der Waals surface area contributed by atoms with Gasteiger partial charge >= 0.3 is 5.69 Å². The lowest BCUT2D eigenvalue weighted by molar-refractivity contribution is 0.685. The van der Waals surface area contributed by atoms with Gasteiger partial charge in [0.05, 0.1) is 5.39 Å². The van der Waals surface area contributed by atoms with Crippen LogP contribution in [0.4, 0.5) is 0 Å². The second-order valence-corrected chi connectivity index (χ2v) is 6.07. The van der Waals surface area contributed by atoms with Gasteiger partial charge in [-0.25, -0.2) is 4.79 Å². The highest BCUT2D eigenvalue weighted by Crippen LogP contribution is 2.28. The van der Waals surface area contributed by atoms with Crippen molar-refractivity contribution in [2.75, 3.05) is 0 Å². The number of nitrogens with one attached hydrogen (secondary N) is 1. The van der Waals surface area contributed by atoms with Gasteiger partial charge in [-0.05, 0) is 31.1 Å². The Kier molecular flexibility index (Phi) is 3.81.